The quantitative estimate of drug-likeness (QED) is 0.764. The molecule has 0 amide bonds. The summed E-state index contributed by atoms with van der Waals surface area (Å²) in [5.74, 6) is 0.214. The summed E-state index contributed by atoms with van der Waals surface area (Å²) in [5, 5.41) is 0. The second-order valence-corrected chi connectivity index (χ2v) is 5.78. The van der Waals surface area contributed by atoms with Crippen molar-refractivity contribution in [3.8, 4) is 0 Å². The summed E-state index contributed by atoms with van der Waals surface area (Å²) in [6.07, 6.45) is 1.60. The first kappa shape index (κ1) is 13.7. The first-order chi connectivity index (χ1) is 8.93. The highest BCUT2D eigenvalue weighted by atomic mass is 16.5. The van der Waals surface area contributed by atoms with Crippen molar-refractivity contribution in [3.05, 3.63) is 47.7 Å². The molecule has 1 aliphatic rings. The molecule has 102 valence electrons. The van der Waals surface area contributed by atoms with Gasteiger partial charge in [-0.1, -0.05) is 51.1 Å². The largest absolute Gasteiger partial charge is 0.489 e. The molecule has 2 rings (SSSR count). The van der Waals surface area contributed by atoms with Crippen LogP contribution in [-0.4, -0.2) is 13.1 Å². The number of methoxy groups -OCH3 is 1. The van der Waals surface area contributed by atoms with Gasteiger partial charge >= 0.3 is 5.97 Å². The Bertz CT molecular complexity index is 482. The number of hydrogen-bond donors (Lipinski definition) is 0. The Morgan fingerprint density at radius 3 is 2.37 bits per heavy atom. The number of benzene rings is 1. The molecule has 1 aromatic rings. The molecule has 2 atom stereocenters. The van der Waals surface area contributed by atoms with Gasteiger partial charge in [0.25, 0.3) is 0 Å². The van der Waals surface area contributed by atoms with E-state index in [-0.39, 0.29) is 23.4 Å². The number of esters is 1. The maximum Gasteiger partial charge on any atom is 0.316 e. The van der Waals surface area contributed by atoms with Gasteiger partial charge in [-0.2, -0.15) is 0 Å². The third-order valence-corrected chi connectivity index (χ3v) is 3.25. The lowest BCUT2D eigenvalue weighted by atomic mass is 9.91. The van der Waals surface area contributed by atoms with Crippen molar-refractivity contribution in [2.24, 2.45) is 11.3 Å². The van der Waals surface area contributed by atoms with E-state index in [2.05, 4.69) is 20.8 Å². The second-order valence-electron chi connectivity index (χ2n) is 5.78. The molecule has 1 aliphatic heterocycles. The molecule has 19 heavy (non-hydrogen) atoms. The fourth-order valence-electron chi connectivity index (χ4n) is 2.17. The standard InChI is InChI=1S/C16H20O3/c1-16(2,3)13-10-12(15(17)18-4)14(19-13)11-8-6-5-7-9-11/h5-10,12,14H,1-4H3/t12-,14+/m1/s1. The molecule has 0 spiro atoms. The molecule has 0 saturated carbocycles. The van der Waals surface area contributed by atoms with E-state index in [1.165, 1.54) is 7.11 Å². The van der Waals surface area contributed by atoms with Crippen LogP contribution in [0.2, 0.25) is 0 Å². The number of ether oxygens (including phenoxy) is 2. The number of carbonyl (C=O) groups excluding carboxylic acids is 1. The minimum atomic E-state index is -0.373. The van der Waals surface area contributed by atoms with Crippen LogP contribution in [0, 0.1) is 11.3 Å². The summed E-state index contributed by atoms with van der Waals surface area (Å²) in [5.41, 5.74) is 0.879. The molecule has 0 bridgehead atoms. The smallest absolute Gasteiger partial charge is 0.316 e. The Kier molecular flexibility index (Phi) is 3.65. The van der Waals surface area contributed by atoms with Crippen molar-refractivity contribution >= 4 is 5.97 Å². The van der Waals surface area contributed by atoms with E-state index < -0.39 is 0 Å². The fraction of sp³-hybridized carbons (Fsp3) is 0.438. The summed E-state index contributed by atoms with van der Waals surface area (Å²) >= 11 is 0. The van der Waals surface area contributed by atoms with Crippen LogP contribution in [0.5, 0.6) is 0 Å². The van der Waals surface area contributed by atoms with Crippen molar-refractivity contribution in [1.29, 1.82) is 0 Å². The summed E-state index contributed by atoms with van der Waals surface area (Å²) in [6.45, 7) is 6.21. The van der Waals surface area contributed by atoms with E-state index in [0.29, 0.717) is 0 Å². The van der Waals surface area contributed by atoms with Crippen LogP contribution in [-0.2, 0) is 14.3 Å². The summed E-state index contributed by atoms with van der Waals surface area (Å²) in [4.78, 5) is 11.9. The number of rotatable bonds is 2. The maximum atomic E-state index is 11.9. The van der Waals surface area contributed by atoms with Gasteiger partial charge < -0.3 is 9.47 Å². The molecule has 0 fully saturated rings. The molecular formula is C16H20O3. The van der Waals surface area contributed by atoms with E-state index in [1.54, 1.807) is 0 Å². The molecular weight excluding hydrogens is 240 g/mol. The third-order valence-electron chi connectivity index (χ3n) is 3.25. The van der Waals surface area contributed by atoms with Crippen LogP contribution >= 0.6 is 0 Å². The van der Waals surface area contributed by atoms with E-state index in [0.717, 1.165) is 11.3 Å². The topological polar surface area (TPSA) is 35.5 Å². The van der Waals surface area contributed by atoms with Crippen LogP contribution in [0.1, 0.15) is 32.4 Å². The van der Waals surface area contributed by atoms with Crippen LogP contribution in [0.3, 0.4) is 0 Å². The Balaban J connectivity index is 2.33. The first-order valence-electron chi connectivity index (χ1n) is 6.45. The monoisotopic (exact) mass is 260 g/mol. The minimum absolute atomic E-state index is 0.115. The molecule has 0 N–H and O–H groups in total. The van der Waals surface area contributed by atoms with Crippen molar-refractivity contribution in [1.82, 2.24) is 0 Å². The van der Waals surface area contributed by atoms with Gasteiger partial charge in [0.05, 0.1) is 12.9 Å². The molecule has 0 saturated heterocycles. The summed E-state index contributed by atoms with van der Waals surface area (Å²) in [7, 11) is 1.41. The minimum Gasteiger partial charge on any atom is -0.489 e. The van der Waals surface area contributed by atoms with Crippen LogP contribution in [0.15, 0.2) is 42.2 Å². The SMILES string of the molecule is COC(=O)[C@@H]1C=C(C(C)(C)C)O[C@H]1c1ccccc1. The Labute approximate surface area is 114 Å². The van der Waals surface area contributed by atoms with E-state index in [9.17, 15) is 4.79 Å². The van der Waals surface area contributed by atoms with Gasteiger partial charge in [-0.25, -0.2) is 0 Å². The van der Waals surface area contributed by atoms with Gasteiger partial charge in [-0.05, 0) is 11.6 Å². The number of allylic oxidation sites excluding steroid dienone is 1. The van der Waals surface area contributed by atoms with Crippen LogP contribution in [0.4, 0.5) is 0 Å². The zero-order valence-corrected chi connectivity index (χ0v) is 11.8. The lowest BCUT2D eigenvalue weighted by Gasteiger charge is -2.23. The molecule has 0 aliphatic carbocycles. The van der Waals surface area contributed by atoms with Gasteiger partial charge in [0.15, 0.2) is 0 Å². The van der Waals surface area contributed by atoms with Crippen molar-refractivity contribution < 1.29 is 14.3 Å². The average Bonchev–Trinajstić information content (AvgIpc) is 2.83. The molecule has 0 unspecified atom stereocenters. The molecule has 0 aromatic heterocycles. The number of carbonyl (C=O) groups is 1. The van der Waals surface area contributed by atoms with Gasteiger partial charge in [0, 0.05) is 5.41 Å². The maximum absolute atomic E-state index is 11.9. The van der Waals surface area contributed by atoms with Crippen LogP contribution in [0.25, 0.3) is 0 Å². The Morgan fingerprint density at radius 1 is 1.21 bits per heavy atom. The Hall–Kier alpha value is -1.77. The first-order valence-corrected chi connectivity index (χ1v) is 6.45. The Morgan fingerprint density at radius 2 is 1.84 bits per heavy atom. The van der Waals surface area contributed by atoms with Crippen molar-refractivity contribution in [2.75, 3.05) is 7.11 Å². The second kappa shape index (κ2) is 5.08. The molecule has 3 heteroatoms. The fourth-order valence-corrected chi connectivity index (χ4v) is 2.17. The highest BCUT2D eigenvalue weighted by Gasteiger charge is 2.39. The highest BCUT2D eigenvalue weighted by molar-refractivity contribution is 5.76. The molecule has 3 nitrogen and oxygen atoms in total. The molecule has 1 heterocycles. The zero-order valence-electron chi connectivity index (χ0n) is 11.8. The number of hydrogen-bond acceptors (Lipinski definition) is 3. The van der Waals surface area contributed by atoms with Crippen LogP contribution < -0.4 is 0 Å². The molecule has 1 aromatic carbocycles. The van der Waals surface area contributed by atoms with E-state index >= 15 is 0 Å². The lowest BCUT2D eigenvalue weighted by molar-refractivity contribution is -0.146. The summed E-state index contributed by atoms with van der Waals surface area (Å²) < 4.78 is 10.9. The van der Waals surface area contributed by atoms with Gasteiger partial charge in [-0.15, -0.1) is 0 Å². The molecule has 0 radical (unpaired) electrons. The summed E-state index contributed by atoms with van der Waals surface area (Å²) in [6, 6.07) is 9.79. The predicted molar refractivity (Wildman–Crippen MR) is 73.3 cm³/mol. The van der Waals surface area contributed by atoms with Crippen molar-refractivity contribution in [2.45, 2.75) is 26.9 Å². The average molecular weight is 260 g/mol. The lowest BCUT2D eigenvalue weighted by Crippen LogP contribution is -2.19. The van der Waals surface area contributed by atoms with Crippen molar-refractivity contribution in [3.63, 3.8) is 0 Å². The van der Waals surface area contributed by atoms with E-state index in [1.807, 2.05) is 36.4 Å². The van der Waals surface area contributed by atoms with Gasteiger partial charge in [0.2, 0.25) is 0 Å². The van der Waals surface area contributed by atoms with E-state index in [4.69, 9.17) is 9.47 Å². The predicted octanol–water partition coefficient (Wildman–Crippen LogP) is 3.48. The normalized spacial score (nSPS) is 22.6. The highest BCUT2D eigenvalue weighted by Crippen LogP contribution is 2.42. The van der Waals surface area contributed by atoms with Gasteiger partial charge in [-0.3, -0.25) is 4.79 Å². The zero-order chi connectivity index (χ0) is 14.0. The third kappa shape index (κ3) is 2.80. The van der Waals surface area contributed by atoms with Gasteiger partial charge in [0.1, 0.15) is 12.0 Å².